The van der Waals surface area contributed by atoms with Crippen LogP contribution in [-0.2, 0) is 20.8 Å². The van der Waals surface area contributed by atoms with Gasteiger partial charge in [0.2, 0.25) is 0 Å². The lowest BCUT2D eigenvalue weighted by Gasteiger charge is -2.44. The topological polar surface area (TPSA) is 65.1 Å². The Morgan fingerprint density at radius 3 is 2.53 bits per heavy atom. The second-order valence-electron chi connectivity index (χ2n) is 7.95. The zero-order chi connectivity index (χ0) is 21.0. The maximum Gasteiger partial charge on any atom is 0.410 e. The Kier molecular flexibility index (Phi) is 6.04. The number of benzene rings is 2. The number of piperidine rings is 1. The highest BCUT2D eigenvalue weighted by atomic mass is 16.6. The number of hydrogen-bond acceptors (Lipinski definition) is 5. The Bertz CT molecular complexity index is 874. The van der Waals surface area contributed by atoms with Gasteiger partial charge in [0.25, 0.3) is 0 Å². The van der Waals surface area contributed by atoms with E-state index < -0.39 is 0 Å². The summed E-state index contributed by atoms with van der Waals surface area (Å²) < 4.78 is 16.5. The Morgan fingerprint density at radius 2 is 1.87 bits per heavy atom. The number of esters is 1. The van der Waals surface area contributed by atoms with Gasteiger partial charge in [0.05, 0.1) is 24.3 Å². The zero-order valence-electron chi connectivity index (χ0n) is 17.2. The normalized spacial score (nSPS) is 23.4. The minimum Gasteiger partial charge on any atom is -0.465 e. The monoisotopic (exact) mass is 409 g/mol. The first-order valence-corrected chi connectivity index (χ1v) is 10.4. The van der Waals surface area contributed by atoms with Gasteiger partial charge in [-0.25, -0.2) is 9.59 Å². The number of nitrogens with zero attached hydrogens (tertiary/aromatic N) is 1. The Labute approximate surface area is 176 Å². The third-order valence-corrected chi connectivity index (χ3v) is 6.09. The van der Waals surface area contributed by atoms with Crippen LogP contribution in [0.25, 0.3) is 0 Å². The third kappa shape index (κ3) is 4.33. The van der Waals surface area contributed by atoms with E-state index in [1.54, 1.807) is 17.0 Å². The molecule has 1 spiro atoms. The molecule has 2 aromatic rings. The van der Waals surface area contributed by atoms with E-state index in [9.17, 15) is 9.59 Å². The maximum atomic E-state index is 13.0. The molecule has 30 heavy (non-hydrogen) atoms. The molecule has 0 saturated carbocycles. The molecule has 1 amide bonds. The van der Waals surface area contributed by atoms with Gasteiger partial charge in [0, 0.05) is 19.6 Å². The lowest BCUT2D eigenvalue weighted by Crippen LogP contribution is -2.48. The molecule has 2 aliphatic heterocycles. The van der Waals surface area contributed by atoms with Crippen molar-refractivity contribution in [2.24, 2.45) is 0 Å². The van der Waals surface area contributed by atoms with Crippen molar-refractivity contribution in [3.05, 3.63) is 71.3 Å². The lowest BCUT2D eigenvalue weighted by atomic mass is 9.81. The highest BCUT2D eigenvalue weighted by molar-refractivity contribution is 5.89. The molecule has 2 aliphatic rings. The molecule has 2 fully saturated rings. The van der Waals surface area contributed by atoms with Crippen molar-refractivity contribution >= 4 is 12.1 Å². The minimum atomic E-state index is -0.375. The highest BCUT2D eigenvalue weighted by Gasteiger charge is 2.45. The fraction of sp³-hybridized carbons (Fsp3) is 0.417. The van der Waals surface area contributed by atoms with E-state index in [-0.39, 0.29) is 30.3 Å². The molecule has 158 valence electrons. The van der Waals surface area contributed by atoms with Crippen LogP contribution in [0.5, 0.6) is 0 Å². The average Bonchev–Trinajstić information content (AvgIpc) is 3.25. The summed E-state index contributed by atoms with van der Waals surface area (Å²) in [6, 6.07) is 16.8. The summed E-state index contributed by atoms with van der Waals surface area (Å²) in [5.74, 6) is -0.375. The first-order valence-electron chi connectivity index (χ1n) is 10.4. The van der Waals surface area contributed by atoms with E-state index in [2.05, 4.69) is 0 Å². The van der Waals surface area contributed by atoms with Crippen LogP contribution in [0, 0.1) is 0 Å². The predicted octanol–water partition coefficient (Wildman–Crippen LogP) is 4.50. The highest BCUT2D eigenvalue weighted by Crippen LogP contribution is 2.44. The van der Waals surface area contributed by atoms with E-state index >= 15 is 0 Å². The molecule has 2 unspecified atom stereocenters. The molecule has 0 radical (unpaired) electrons. The van der Waals surface area contributed by atoms with Gasteiger partial charge in [-0.2, -0.15) is 0 Å². The van der Waals surface area contributed by atoms with E-state index in [4.69, 9.17) is 14.2 Å². The molecule has 0 N–H and O–H groups in total. The number of likely N-dealkylation sites (tertiary alicyclic amines) is 1. The number of carbonyl (C=O) groups excluding carboxylic acids is 2. The van der Waals surface area contributed by atoms with Gasteiger partial charge in [-0.15, -0.1) is 0 Å². The molecular weight excluding hydrogens is 382 g/mol. The second-order valence-corrected chi connectivity index (χ2v) is 7.95. The van der Waals surface area contributed by atoms with Gasteiger partial charge in [0.15, 0.2) is 0 Å². The fourth-order valence-corrected chi connectivity index (χ4v) is 4.44. The molecule has 6 nitrogen and oxygen atoms in total. The average molecular weight is 409 g/mol. The van der Waals surface area contributed by atoms with Gasteiger partial charge in [-0.05, 0) is 42.5 Å². The number of methoxy groups -OCH3 is 1. The number of rotatable bonds is 4. The maximum absolute atomic E-state index is 13.0. The molecule has 2 heterocycles. The van der Waals surface area contributed by atoms with Crippen molar-refractivity contribution in [3.8, 4) is 0 Å². The second kappa shape index (κ2) is 8.88. The van der Waals surface area contributed by atoms with Crippen molar-refractivity contribution in [2.45, 2.75) is 43.9 Å². The Balaban J connectivity index is 1.53. The zero-order valence-corrected chi connectivity index (χ0v) is 17.2. The summed E-state index contributed by atoms with van der Waals surface area (Å²) in [6.07, 6.45) is 3.27. The number of hydrogen-bond donors (Lipinski definition) is 0. The van der Waals surface area contributed by atoms with E-state index in [1.165, 1.54) is 7.11 Å². The van der Waals surface area contributed by atoms with E-state index in [0.29, 0.717) is 12.1 Å². The van der Waals surface area contributed by atoms with Gasteiger partial charge >= 0.3 is 12.1 Å². The van der Waals surface area contributed by atoms with Gasteiger partial charge in [-0.1, -0.05) is 42.5 Å². The van der Waals surface area contributed by atoms with Gasteiger partial charge < -0.3 is 19.1 Å². The molecular formula is C24H27NO5. The van der Waals surface area contributed by atoms with Crippen LogP contribution in [0.3, 0.4) is 0 Å². The summed E-state index contributed by atoms with van der Waals surface area (Å²) in [7, 11) is 1.36. The van der Waals surface area contributed by atoms with Crippen molar-refractivity contribution in [1.82, 2.24) is 4.90 Å². The summed E-state index contributed by atoms with van der Waals surface area (Å²) in [5.41, 5.74) is 2.23. The molecule has 0 bridgehead atoms. The summed E-state index contributed by atoms with van der Waals surface area (Å²) in [6.45, 7) is 1.59. The van der Waals surface area contributed by atoms with Crippen LogP contribution in [0.15, 0.2) is 54.6 Å². The van der Waals surface area contributed by atoms with Crippen molar-refractivity contribution in [1.29, 1.82) is 0 Å². The van der Waals surface area contributed by atoms with Crippen LogP contribution < -0.4 is 0 Å². The largest absolute Gasteiger partial charge is 0.465 e. The summed E-state index contributed by atoms with van der Waals surface area (Å²) in [4.78, 5) is 26.5. The molecule has 4 rings (SSSR count). The van der Waals surface area contributed by atoms with Crippen LogP contribution in [0.4, 0.5) is 4.79 Å². The smallest absolute Gasteiger partial charge is 0.410 e. The van der Waals surface area contributed by atoms with Gasteiger partial charge in [0.1, 0.15) is 6.61 Å². The number of carbonyl (C=O) groups is 2. The standard InChI is InChI=1S/C24H27NO5/c1-28-22(26)20-10-8-19(9-11-20)21-16-24(12-5-15-30-24)13-14-25(21)23(27)29-17-18-6-3-2-4-7-18/h2-4,6-11,21H,5,12-17H2,1H3. The molecule has 0 aliphatic carbocycles. The first-order chi connectivity index (χ1) is 14.6. The van der Waals surface area contributed by atoms with Crippen molar-refractivity contribution in [3.63, 3.8) is 0 Å². The minimum absolute atomic E-state index is 0.160. The molecule has 2 aromatic carbocycles. The summed E-state index contributed by atoms with van der Waals surface area (Å²) in [5, 5.41) is 0. The molecule has 2 atom stereocenters. The van der Waals surface area contributed by atoms with E-state index in [0.717, 1.165) is 43.4 Å². The Morgan fingerprint density at radius 1 is 1.10 bits per heavy atom. The predicted molar refractivity (Wildman–Crippen MR) is 111 cm³/mol. The van der Waals surface area contributed by atoms with Crippen LogP contribution in [-0.4, -0.2) is 42.8 Å². The van der Waals surface area contributed by atoms with Crippen LogP contribution in [0.1, 0.15) is 53.2 Å². The van der Waals surface area contributed by atoms with E-state index in [1.807, 2.05) is 42.5 Å². The quantitative estimate of drug-likeness (QED) is 0.696. The number of amides is 1. The molecule has 2 saturated heterocycles. The van der Waals surface area contributed by atoms with Crippen LogP contribution >= 0.6 is 0 Å². The lowest BCUT2D eigenvalue weighted by molar-refractivity contribution is -0.0625. The fourth-order valence-electron chi connectivity index (χ4n) is 4.44. The molecule has 6 heteroatoms. The van der Waals surface area contributed by atoms with Crippen molar-refractivity contribution in [2.75, 3.05) is 20.3 Å². The summed E-state index contributed by atoms with van der Waals surface area (Å²) >= 11 is 0. The molecule has 0 aromatic heterocycles. The third-order valence-electron chi connectivity index (χ3n) is 6.09. The SMILES string of the molecule is COC(=O)c1ccc(C2CC3(CCCO3)CCN2C(=O)OCc2ccccc2)cc1. The number of ether oxygens (including phenoxy) is 3. The Hall–Kier alpha value is -2.86. The van der Waals surface area contributed by atoms with Crippen LogP contribution in [0.2, 0.25) is 0 Å². The van der Waals surface area contributed by atoms with Crippen molar-refractivity contribution < 1.29 is 23.8 Å². The van der Waals surface area contributed by atoms with Gasteiger partial charge in [-0.3, -0.25) is 0 Å². The first kappa shape index (κ1) is 20.4.